The molecule has 1 heterocycles. The van der Waals surface area contributed by atoms with Gasteiger partial charge in [0, 0.05) is 5.39 Å². The van der Waals surface area contributed by atoms with E-state index < -0.39 is 0 Å². The van der Waals surface area contributed by atoms with Gasteiger partial charge in [0.2, 0.25) is 0 Å². The molecule has 0 N–H and O–H groups in total. The van der Waals surface area contributed by atoms with Crippen molar-refractivity contribution < 1.29 is 4.42 Å². The minimum Gasteiger partial charge on any atom is -0.464 e. The van der Waals surface area contributed by atoms with Crippen LogP contribution in [-0.4, -0.2) is 0 Å². The molecule has 86 valence electrons. The van der Waals surface area contributed by atoms with Crippen LogP contribution in [0, 0.1) is 5.92 Å². The summed E-state index contributed by atoms with van der Waals surface area (Å²) in [4.78, 5) is 0. The van der Waals surface area contributed by atoms with Gasteiger partial charge < -0.3 is 4.42 Å². The predicted molar refractivity (Wildman–Crippen MR) is 68.6 cm³/mol. The lowest BCUT2D eigenvalue weighted by atomic mass is 10.0. The van der Waals surface area contributed by atoms with E-state index in [2.05, 4.69) is 32.0 Å². The van der Waals surface area contributed by atoms with Gasteiger partial charge in [-0.1, -0.05) is 38.8 Å². The molecule has 1 aromatic heterocycles. The highest BCUT2D eigenvalue weighted by atomic mass is 16.3. The average Bonchev–Trinajstić information content (AvgIpc) is 2.71. The van der Waals surface area contributed by atoms with Crippen LogP contribution in [0.25, 0.3) is 11.0 Å². The summed E-state index contributed by atoms with van der Waals surface area (Å²) in [6.45, 7) is 4.57. The van der Waals surface area contributed by atoms with Gasteiger partial charge in [0.1, 0.15) is 5.58 Å². The molecule has 16 heavy (non-hydrogen) atoms. The highest BCUT2D eigenvalue weighted by Crippen LogP contribution is 2.18. The molecule has 2 rings (SSSR count). The van der Waals surface area contributed by atoms with E-state index in [9.17, 15) is 0 Å². The molecule has 0 saturated carbocycles. The molecule has 0 amide bonds. The van der Waals surface area contributed by atoms with E-state index >= 15 is 0 Å². The van der Waals surface area contributed by atoms with Crippen molar-refractivity contribution in [1.29, 1.82) is 0 Å². The topological polar surface area (TPSA) is 13.1 Å². The molecule has 2 aromatic rings. The van der Waals surface area contributed by atoms with E-state index in [1.807, 2.05) is 6.07 Å². The molecule has 0 aliphatic carbocycles. The number of furan rings is 1. The quantitative estimate of drug-likeness (QED) is 0.654. The van der Waals surface area contributed by atoms with Crippen molar-refractivity contribution >= 4 is 11.0 Å². The summed E-state index contributed by atoms with van der Waals surface area (Å²) >= 11 is 0. The van der Waals surface area contributed by atoms with Crippen LogP contribution in [0.3, 0.4) is 0 Å². The molecule has 1 nitrogen and oxygen atoms in total. The van der Waals surface area contributed by atoms with Gasteiger partial charge >= 0.3 is 0 Å². The van der Waals surface area contributed by atoms with E-state index in [0.29, 0.717) is 0 Å². The van der Waals surface area contributed by atoms with E-state index in [1.54, 1.807) is 6.26 Å². The Labute approximate surface area is 97.5 Å². The molecular weight excluding hydrogens is 196 g/mol. The van der Waals surface area contributed by atoms with Crippen molar-refractivity contribution in [2.24, 2.45) is 5.92 Å². The van der Waals surface area contributed by atoms with Crippen molar-refractivity contribution in [3.8, 4) is 0 Å². The first-order valence-electron chi connectivity index (χ1n) is 6.22. The molecule has 0 spiro atoms. The summed E-state index contributed by atoms with van der Waals surface area (Å²) < 4.78 is 5.40. The molecule has 0 radical (unpaired) electrons. The molecular formula is C15H20O. The zero-order valence-corrected chi connectivity index (χ0v) is 10.2. The van der Waals surface area contributed by atoms with Gasteiger partial charge in [-0.25, -0.2) is 0 Å². The van der Waals surface area contributed by atoms with Crippen LogP contribution < -0.4 is 0 Å². The summed E-state index contributed by atoms with van der Waals surface area (Å²) in [5.41, 5.74) is 2.41. The highest BCUT2D eigenvalue weighted by Gasteiger charge is 2.00. The summed E-state index contributed by atoms with van der Waals surface area (Å²) in [6.07, 6.45) is 6.87. The molecule has 0 atom stereocenters. The first-order chi connectivity index (χ1) is 7.75. The van der Waals surface area contributed by atoms with Crippen LogP contribution >= 0.6 is 0 Å². The Kier molecular flexibility index (Phi) is 3.66. The fourth-order valence-corrected chi connectivity index (χ4v) is 2.04. The molecule has 0 saturated heterocycles. The third-order valence-corrected chi connectivity index (χ3v) is 3.02. The van der Waals surface area contributed by atoms with Gasteiger partial charge in [-0.05, 0) is 36.5 Å². The minimum absolute atomic E-state index is 0.826. The number of fused-ring (bicyclic) bond motifs is 1. The SMILES string of the molecule is CC(C)CCCCc1ccc2ccoc2c1. The van der Waals surface area contributed by atoms with Crippen LogP contribution in [0.2, 0.25) is 0 Å². The Bertz CT molecular complexity index is 439. The van der Waals surface area contributed by atoms with Crippen molar-refractivity contribution in [1.82, 2.24) is 0 Å². The Balaban J connectivity index is 1.89. The van der Waals surface area contributed by atoms with Crippen LogP contribution in [-0.2, 0) is 6.42 Å². The Morgan fingerprint density at radius 1 is 1.12 bits per heavy atom. The smallest absolute Gasteiger partial charge is 0.134 e. The average molecular weight is 216 g/mol. The van der Waals surface area contributed by atoms with E-state index in [1.165, 1.54) is 36.6 Å². The van der Waals surface area contributed by atoms with Gasteiger partial charge in [0.15, 0.2) is 0 Å². The van der Waals surface area contributed by atoms with Gasteiger partial charge in [-0.15, -0.1) is 0 Å². The van der Waals surface area contributed by atoms with E-state index in [4.69, 9.17) is 4.42 Å². The highest BCUT2D eigenvalue weighted by molar-refractivity contribution is 5.77. The number of unbranched alkanes of at least 4 members (excludes halogenated alkanes) is 1. The van der Waals surface area contributed by atoms with Crippen LogP contribution in [0.15, 0.2) is 34.9 Å². The van der Waals surface area contributed by atoms with Crippen LogP contribution in [0.1, 0.15) is 38.7 Å². The normalized spacial score (nSPS) is 11.4. The summed E-state index contributed by atoms with van der Waals surface area (Å²) in [7, 11) is 0. The molecule has 1 heteroatoms. The first-order valence-corrected chi connectivity index (χ1v) is 6.22. The van der Waals surface area contributed by atoms with E-state index in [-0.39, 0.29) is 0 Å². The van der Waals surface area contributed by atoms with Crippen molar-refractivity contribution in [3.05, 3.63) is 36.1 Å². The third-order valence-electron chi connectivity index (χ3n) is 3.02. The lowest BCUT2D eigenvalue weighted by molar-refractivity contribution is 0.538. The molecule has 0 fully saturated rings. The second kappa shape index (κ2) is 5.20. The molecule has 0 bridgehead atoms. The van der Waals surface area contributed by atoms with Crippen LogP contribution in [0.5, 0.6) is 0 Å². The Morgan fingerprint density at radius 3 is 2.81 bits per heavy atom. The number of aryl methyl sites for hydroxylation is 1. The molecule has 1 aromatic carbocycles. The van der Waals surface area contributed by atoms with Crippen molar-refractivity contribution in [3.63, 3.8) is 0 Å². The second-order valence-corrected chi connectivity index (χ2v) is 4.93. The zero-order chi connectivity index (χ0) is 11.4. The van der Waals surface area contributed by atoms with E-state index in [0.717, 1.165) is 11.5 Å². The van der Waals surface area contributed by atoms with Gasteiger partial charge in [-0.3, -0.25) is 0 Å². The lowest BCUT2D eigenvalue weighted by Gasteiger charge is -2.04. The largest absolute Gasteiger partial charge is 0.464 e. The number of hydrogen-bond donors (Lipinski definition) is 0. The number of rotatable bonds is 5. The van der Waals surface area contributed by atoms with Gasteiger partial charge in [-0.2, -0.15) is 0 Å². The predicted octanol–water partition coefficient (Wildman–Crippen LogP) is 4.80. The summed E-state index contributed by atoms with van der Waals surface area (Å²) in [6, 6.07) is 8.55. The maximum absolute atomic E-state index is 5.40. The third kappa shape index (κ3) is 2.88. The van der Waals surface area contributed by atoms with Crippen molar-refractivity contribution in [2.75, 3.05) is 0 Å². The zero-order valence-electron chi connectivity index (χ0n) is 10.2. The molecule has 0 aliphatic rings. The monoisotopic (exact) mass is 216 g/mol. The van der Waals surface area contributed by atoms with Crippen LogP contribution in [0.4, 0.5) is 0 Å². The number of benzene rings is 1. The first kappa shape index (κ1) is 11.3. The summed E-state index contributed by atoms with van der Waals surface area (Å²) in [5.74, 6) is 0.826. The standard InChI is InChI=1S/C15H20O/c1-12(2)5-3-4-6-13-7-8-14-9-10-16-15(14)11-13/h7-12H,3-6H2,1-2H3. The van der Waals surface area contributed by atoms with Gasteiger partial charge in [0.05, 0.1) is 6.26 Å². The Hall–Kier alpha value is -1.24. The maximum Gasteiger partial charge on any atom is 0.134 e. The molecule has 0 aliphatic heterocycles. The second-order valence-electron chi connectivity index (χ2n) is 4.93. The molecule has 0 unspecified atom stereocenters. The van der Waals surface area contributed by atoms with Gasteiger partial charge in [0.25, 0.3) is 0 Å². The fraction of sp³-hybridized carbons (Fsp3) is 0.467. The van der Waals surface area contributed by atoms with Crippen molar-refractivity contribution in [2.45, 2.75) is 39.5 Å². The summed E-state index contributed by atoms with van der Waals surface area (Å²) in [5, 5.41) is 1.20. The lowest BCUT2D eigenvalue weighted by Crippen LogP contribution is -1.89. The number of hydrogen-bond acceptors (Lipinski definition) is 1. The Morgan fingerprint density at radius 2 is 2.00 bits per heavy atom. The fourth-order valence-electron chi connectivity index (χ4n) is 2.04. The minimum atomic E-state index is 0.826. The maximum atomic E-state index is 5.40.